The number of hydrogen-bond donors (Lipinski definition) is 0. The molecule has 2 aliphatic rings. The number of benzene rings is 1. The molecular weight excluding hydrogens is 354 g/mol. The zero-order valence-corrected chi connectivity index (χ0v) is 14.0. The summed E-state index contributed by atoms with van der Waals surface area (Å²) in [6.07, 6.45) is 6.37. The van der Waals surface area contributed by atoms with Gasteiger partial charge in [0.25, 0.3) is 0 Å². The second-order valence-electron chi connectivity index (χ2n) is 6.00. The lowest BCUT2D eigenvalue weighted by Crippen LogP contribution is -2.35. The van der Waals surface area contributed by atoms with Crippen LogP contribution in [0.1, 0.15) is 44.9 Å². The van der Waals surface area contributed by atoms with E-state index in [1.54, 1.807) is 18.2 Å². The highest BCUT2D eigenvalue weighted by atomic mass is 79.9. The van der Waals surface area contributed by atoms with Gasteiger partial charge in [0.2, 0.25) is 11.8 Å². The van der Waals surface area contributed by atoms with Crippen LogP contribution in [0.4, 0.5) is 5.69 Å². The van der Waals surface area contributed by atoms with Crippen LogP contribution in [-0.4, -0.2) is 11.8 Å². The van der Waals surface area contributed by atoms with E-state index in [-0.39, 0.29) is 11.8 Å². The van der Waals surface area contributed by atoms with Gasteiger partial charge in [-0.2, -0.15) is 0 Å². The minimum Gasteiger partial charge on any atom is -0.274 e. The first-order chi connectivity index (χ1) is 10.0. The Hall–Kier alpha value is -0.870. The van der Waals surface area contributed by atoms with Gasteiger partial charge in [-0.05, 0) is 47.0 Å². The van der Waals surface area contributed by atoms with Crippen molar-refractivity contribution in [2.75, 3.05) is 4.90 Å². The van der Waals surface area contributed by atoms with Crippen molar-refractivity contribution in [2.24, 2.45) is 5.41 Å². The lowest BCUT2D eigenvalue weighted by atomic mass is 9.79. The molecule has 2 amide bonds. The minimum absolute atomic E-state index is 0.0441. The summed E-state index contributed by atoms with van der Waals surface area (Å²) in [7, 11) is 0. The Labute approximate surface area is 137 Å². The molecule has 0 bridgehead atoms. The van der Waals surface area contributed by atoms with Crippen molar-refractivity contribution in [3.63, 3.8) is 0 Å². The first kappa shape index (κ1) is 15.0. The van der Waals surface area contributed by atoms with Gasteiger partial charge < -0.3 is 0 Å². The lowest BCUT2D eigenvalue weighted by Gasteiger charge is -2.25. The topological polar surface area (TPSA) is 37.4 Å². The van der Waals surface area contributed by atoms with E-state index >= 15 is 0 Å². The predicted octanol–water partition coefficient (Wildman–Crippen LogP) is 4.71. The van der Waals surface area contributed by atoms with Crippen molar-refractivity contribution in [3.8, 4) is 0 Å². The van der Waals surface area contributed by atoms with Crippen LogP contribution in [-0.2, 0) is 9.59 Å². The van der Waals surface area contributed by atoms with Gasteiger partial charge in [-0.3, -0.25) is 9.59 Å². The molecule has 1 heterocycles. The number of amides is 2. The average Bonchev–Trinajstić information content (AvgIpc) is 2.61. The maximum absolute atomic E-state index is 13.0. The molecule has 21 heavy (non-hydrogen) atoms. The molecule has 1 saturated carbocycles. The van der Waals surface area contributed by atoms with Crippen LogP contribution in [0, 0.1) is 5.41 Å². The molecule has 2 fully saturated rings. The van der Waals surface area contributed by atoms with Gasteiger partial charge in [0.1, 0.15) is 0 Å². The highest BCUT2D eigenvalue weighted by Crippen LogP contribution is 2.46. The van der Waals surface area contributed by atoms with Crippen LogP contribution >= 0.6 is 27.5 Å². The zero-order chi connectivity index (χ0) is 15.0. The molecule has 0 aromatic heterocycles. The van der Waals surface area contributed by atoms with Gasteiger partial charge in [-0.25, -0.2) is 4.90 Å². The molecule has 0 unspecified atom stereocenters. The van der Waals surface area contributed by atoms with E-state index in [4.69, 9.17) is 11.6 Å². The van der Waals surface area contributed by atoms with Crippen LogP contribution in [0.5, 0.6) is 0 Å². The summed E-state index contributed by atoms with van der Waals surface area (Å²) in [5.74, 6) is -0.151. The molecule has 1 aliphatic heterocycles. The van der Waals surface area contributed by atoms with Crippen molar-refractivity contribution >= 4 is 45.0 Å². The lowest BCUT2D eigenvalue weighted by molar-refractivity contribution is -0.126. The fraction of sp³-hybridized carbons (Fsp3) is 0.500. The van der Waals surface area contributed by atoms with Gasteiger partial charge >= 0.3 is 0 Å². The number of halogens is 2. The third-order valence-corrected chi connectivity index (χ3v) is 5.51. The SMILES string of the molecule is O=C1CC2(CCCCCC2)C(=O)N1c1cc(Cl)ccc1Br. The molecule has 0 radical (unpaired) electrons. The van der Waals surface area contributed by atoms with E-state index in [1.165, 1.54) is 4.90 Å². The van der Waals surface area contributed by atoms with Crippen molar-refractivity contribution in [2.45, 2.75) is 44.9 Å². The molecule has 5 heteroatoms. The number of carbonyl (C=O) groups excluding carboxylic acids is 2. The summed E-state index contributed by atoms with van der Waals surface area (Å²) in [6.45, 7) is 0. The van der Waals surface area contributed by atoms with Gasteiger partial charge in [-0.15, -0.1) is 0 Å². The number of carbonyl (C=O) groups is 2. The van der Waals surface area contributed by atoms with Crippen LogP contribution < -0.4 is 4.90 Å². The average molecular weight is 371 g/mol. The third-order valence-electron chi connectivity index (χ3n) is 4.61. The fourth-order valence-corrected chi connectivity index (χ4v) is 4.08. The molecule has 1 spiro atoms. The maximum atomic E-state index is 13.0. The number of rotatable bonds is 1. The van der Waals surface area contributed by atoms with Crippen molar-refractivity contribution in [1.82, 2.24) is 0 Å². The number of anilines is 1. The molecule has 0 N–H and O–H groups in total. The first-order valence-corrected chi connectivity index (χ1v) is 8.53. The fourth-order valence-electron chi connectivity index (χ4n) is 3.49. The summed E-state index contributed by atoms with van der Waals surface area (Å²) >= 11 is 9.44. The molecular formula is C16H17BrClNO2. The number of imide groups is 1. The normalized spacial score (nSPS) is 21.9. The molecule has 112 valence electrons. The van der Waals surface area contributed by atoms with Crippen LogP contribution in [0.25, 0.3) is 0 Å². The van der Waals surface area contributed by atoms with Crippen molar-refractivity contribution < 1.29 is 9.59 Å². The van der Waals surface area contributed by atoms with E-state index in [9.17, 15) is 9.59 Å². The molecule has 3 nitrogen and oxygen atoms in total. The molecule has 1 aliphatic carbocycles. The van der Waals surface area contributed by atoms with Gasteiger partial charge in [-0.1, -0.05) is 37.3 Å². The number of nitrogens with zero attached hydrogens (tertiary/aromatic N) is 1. The Morgan fingerprint density at radius 3 is 2.43 bits per heavy atom. The highest BCUT2D eigenvalue weighted by molar-refractivity contribution is 9.10. The Kier molecular flexibility index (Phi) is 4.10. The zero-order valence-electron chi connectivity index (χ0n) is 11.7. The van der Waals surface area contributed by atoms with Crippen LogP contribution in [0.3, 0.4) is 0 Å². The Balaban J connectivity index is 1.99. The highest BCUT2D eigenvalue weighted by Gasteiger charge is 2.51. The largest absolute Gasteiger partial charge is 0.274 e. The van der Waals surface area contributed by atoms with Gasteiger partial charge in [0.15, 0.2) is 0 Å². The number of hydrogen-bond acceptors (Lipinski definition) is 2. The smallest absolute Gasteiger partial charge is 0.240 e. The van der Waals surface area contributed by atoms with Crippen LogP contribution in [0.15, 0.2) is 22.7 Å². The third kappa shape index (κ3) is 2.64. The van der Waals surface area contributed by atoms with Crippen molar-refractivity contribution in [1.29, 1.82) is 0 Å². The summed E-state index contributed by atoms with van der Waals surface area (Å²) in [5.41, 5.74) is 0.0913. The molecule has 0 atom stereocenters. The van der Waals surface area contributed by atoms with E-state index < -0.39 is 5.41 Å². The minimum atomic E-state index is -0.477. The van der Waals surface area contributed by atoms with Gasteiger partial charge in [0.05, 0.1) is 11.1 Å². The Bertz CT molecular complexity index is 594. The molecule has 1 aromatic rings. The second kappa shape index (κ2) is 5.73. The van der Waals surface area contributed by atoms with E-state index in [0.29, 0.717) is 17.1 Å². The van der Waals surface area contributed by atoms with E-state index in [0.717, 1.165) is 43.0 Å². The summed E-state index contributed by atoms with van der Waals surface area (Å²) in [5, 5.41) is 0.524. The maximum Gasteiger partial charge on any atom is 0.240 e. The Morgan fingerprint density at radius 2 is 1.76 bits per heavy atom. The van der Waals surface area contributed by atoms with Crippen molar-refractivity contribution in [3.05, 3.63) is 27.7 Å². The quantitative estimate of drug-likeness (QED) is 0.672. The second-order valence-corrected chi connectivity index (χ2v) is 7.29. The van der Waals surface area contributed by atoms with Gasteiger partial charge in [0, 0.05) is 15.9 Å². The monoisotopic (exact) mass is 369 g/mol. The standard InChI is InChI=1S/C16H17BrClNO2/c17-12-6-5-11(18)9-13(12)19-14(20)10-16(15(19)21)7-3-1-2-4-8-16/h5-6,9H,1-4,7-8,10H2. The summed E-state index contributed by atoms with van der Waals surface area (Å²) < 4.78 is 0.722. The van der Waals surface area contributed by atoms with Crippen LogP contribution in [0.2, 0.25) is 5.02 Å². The summed E-state index contributed by atoms with van der Waals surface area (Å²) in [6, 6.07) is 5.19. The molecule has 1 aromatic carbocycles. The molecule has 1 saturated heterocycles. The predicted molar refractivity (Wildman–Crippen MR) is 86.4 cm³/mol. The Morgan fingerprint density at radius 1 is 1.10 bits per heavy atom. The van der Waals surface area contributed by atoms with E-state index in [2.05, 4.69) is 15.9 Å². The molecule has 3 rings (SSSR count). The summed E-state index contributed by atoms with van der Waals surface area (Å²) in [4.78, 5) is 26.8. The first-order valence-electron chi connectivity index (χ1n) is 7.36. The van der Waals surface area contributed by atoms with E-state index in [1.807, 2.05) is 0 Å².